The fraction of sp³-hybridized carbons (Fsp3) is 0.167. The number of methoxy groups -OCH3 is 2. The Hall–Kier alpha value is -3.24. The predicted molar refractivity (Wildman–Crippen MR) is 97.8 cm³/mol. The molecule has 0 unspecified atom stereocenters. The monoisotopic (exact) mass is 373 g/mol. The van der Waals surface area contributed by atoms with Crippen molar-refractivity contribution in [3.63, 3.8) is 0 Å². The SMILES string of the molecule is COc1cc(NC(=O)c2ccc(NC(=O)CC#N)cc2)c(OC)cc1Cl. The van der Waals surface area contributed by atoms with Crippen molar-refractivity contribution in [2.45, 2.75) is 6.42 Å². The lowest BCUT2D eigenvalue weighted by molar-refractivity contribution is -0.115. The van der Waals surface area contributed by atoms with Gasteiger partial charge in [-0.05, 0) is 24.3 Å². The summed E-state index contributed by atoms with van der Waals surface area (Å²) in [6, 6.07) is 11.1. The molecule has 0 radical (unpaired) electrons. The summed E-state index contributed by atoms with van der Waals surface area (Å²) >= 11 is 6.04. The van der Waals surface area contributed by atoms with Gasteiger partial charge in [0.1, 0.15) is 17.9 Å². The Morgan fingerprint density at radius 1 is 1.08 bits per heavy atom. The van der Waals surface area contributed by atoms with E-state index >= 15 is 0 Å². The second-order valence-corrected chi connectivity index (χ2v) is 5.51. The van der Waals surface area contributed by atoms with Crippen molar-refractivity contribution in [3.05, 3.63) is 47.0 Å². The highest BCUT2D eigenvalue weighted by Gasteiger charge is 2.14. The molecule has 134 valence electrons. The first-order chi connectivity index (χ1) is 12.5. The maximum Gasteiger partial charge on any atom is 0.255 e. The fourth-order valence-electron chi connectivity index (χ4n) is 2.13. The minimum absolute atomic E-state index is 0.236. The third-order valence-electron chi connectivity index (χ3n) is 3.39. The first-order valence-electron chi connectivity index (χ1n) is 7.48. The van der Waals surface area contributed by atoms with Crippen LogP contribution in [0.5, 0.6) is 11.5 Å². The average Bonchev–Trinajstić information content (AvgIpc) is 2.63. The molecule has 0 saturated carbocycles. The largest absolute Gasteiger partial charge is 0.495 e. The van der Waals surface area contributed by atoms with Crippen LogP contribution in [0.15, 0.2) is 36.4 Å². The number of amides is 2. The van der Waals surface area contributed by atoms with E-state index in [4.69, 9.17) is 26.3 Å². The van der Waals surface area contributed by atoms with E-state index in [0.717, 1.165) is 0 Å². The molecule has 2 amide bonds. The second kappa shape index (κ2) is 8.74. The van der Waals surface area contributed by atoms with Crippen LogP contribution in [0.2, 0.25) is 5.02 Å². The lowest BCUT2D eigenvalue weighted by Crippen LogP contribution is -2.13. The Morgan fingerprint density at radius 2 is 1.73 bits per heavy atom. The number of nitrogens with zero attached hydrogens (tertiary/aromatic N) is 1. The van der Waals surface area contributed by atoms with Gasteiger partial charge < -0.3 is 20.1 Å². The van der Waals surface area contributed by atoms with Crippen molar-refractivity contribution in [3.8, 4) is 17.6 Å². The molecule has 2 N–H and O–H groups in total. The van der Waals surface area contributed by atoms with E-state index in [0.29, 0.717) is 33.5 Å². The number of anilines is 2. The fourth-order valence-corrected chi connectivity index (χ4v) is 2.37. The van der Waals surface area contributed by atoms with Crippen molar-refractivity contribution in [2.24, 2.45) is 0 Å². The van der Waals surface area contributed by atoms with Gasteiger partial charge in [0.15, 0.2) is 0 Å². The summed E-state index contributed by atoms with van der Waals surface area (Å²) in [6.45, 7) is 0. The summed E-state index contributed by atoms with van der Waals surface area (Å²) < 4.78 is 10.4. The Kier molecular flexibility index (Phi) is 6.42. The molecule has 2 rings (SSSR count). The highest BCUT2D eigenvalue weighted by molar-refractivity contribution is 6.32. The average molecular weight is 374 g/mol. The van der Waals surface area contributed by atoms with Crippen LogP contribution in [-0.2, 0) is 4.79 Å². The van der Waals surface area contributed by atoms with Gasteiger partial charge in [-0.2, -0.15) is 5.26 Å². The number of nitrogens with one attached hydrogen (secondary N) is 2. The third-order valence-corrected chi connectivity index (χ3v) is 3.69. The third kappa shape index (κ3) is 4.65. The molecule has 0 aromatic heterocycles. The number of rotatable bonds is 6. The van der Waals surface area contributed by atoms with Gasteiger partial charge in [0.2, 0.25) is 5.91 Å². The molecule has 0 spiro atoms. The van der Waals surface area contributed by atoms with Crippen LogP contribution in [0.3, 0.4) is 0 Å². The van der Waals surface area contributed by atoms with E-state index in [1.54, 1.807) is 42.5 Å². The molecule has 0 aliphatic rings. The normalized spacial score (nSPS) is 9.77. The number of ether oxygens (including phenoxy) is 2. The summed E-state index contributed by atoms with van der Waals surface area (Å²) in [5.41, 5.74) is 1.27. The van der Waals surface area contributed by atoms with Crippen molar-refractivity contribution < 1.29 is 19.1 Å². The zero-order valence-electron chi connectivity index (χ0n) is 14.1. The minimum atomic E-state index is -0.414. The molecular formula is C18H16ClN3O4. The van der Waals surface area contributed by atoms with Gasteiger partial charge in [-0.1, -0.05) is 11.6 Å². The lowest BCUT2D eigenvalue weighted by atomic mass is 10.1. The maximum atomic E-state index is 12.4. The first-order valence-corrected chi connectivity index (χ1v) is 7.86. The zero-order valence-corrected chi connectivity index (χ0v) is 14.9. The number of nitriles is 1. The van der Waals surface area contributed by atoms with Crippen LogP contribution < -0.4 is 20.1 Å². The van der Waals surface area contributed by atoms with E-state index in [-0.39, 0.29) is 12.3 Å². The Morgan fingerprint density at radius 3 is 2.31 bits per heavy atom. The van der Waals surface area contributed by atoms with E-state index in [1.165, 1.54) is 14.2 Å². The molecule has 0 aliphatic heterocycles. The number of carbonyl (C=O) groups excluding carboxylic acids is 2. The van der Waals surface area contributed by atoms with Gasteiger partial charge in [0, 0.05) is 23.4 Å². The highest BCUT2D eigenvalue weighted by atomic mass is 35.5. The Balaban J connectivity index is 2.15. The van der Waals surface area contributed by atoms with Crippen LogP contribution in [0.4, 0.5) is 11.4 Å². The first kappa shape index (κ1) is 19.1. The number of hydrogen-bond acceptors (Lipinski definition) is 5. The molecule has 7 nitrogen and oxygen atoms in total. The summed E-state index contributed by atoms with van der Waals surface area (Å²) in [4.78, 5) is 23.8. The number of hydrogen-bond donors (Lipinski definition) is 2. The van der Waals surface area contributed by atoms with Gasteiger partial charge in [0.25, 0.3) is 5.91 Å². The second-order valence-electron chi connectivity index (χ2n) is 5.10. The molecule has 0 aliphatic carbocycles. The molecule has 8 heteroatoms. The molecule has 2 aromatic rings. The van der Waals surface area contributed by atoms with Gasteiger partial charge in [-0.15, -0.1) is 0 Å². The molecule has 26 heavy (non-hydrogen) atoms. The summed E-state index contributed by atoms with van der Waals surface area (Å²) in [6.07, 6.45) is -0.236. The molecule has 0 bridgehead atoms. The molecule has 2 aromatic carbocycles. The van der Waals surface area contributed by atoms with Crippen molar-refractivity contribution in [1.82, 2.24) is 0 Å². The summed E-state index contributed by atoms with van der Waals surface area (Å²) in [5, 5.41) is 14.1. The van der Waals surface area contributed by atoms with Crippen LogP contribution in [0, 0.1) is 11.3 Å². The van der Waals surface area contributed by atoms with Gasteiger partial charge in [0.05, 0.1) is 31.0 Å². The van der Waals surface area contributed by atoms with E-state index < -0.39 is 5.91 Å². The topological polar surface area (TPSA) is 100 Å². The lowest BCUT2D eigenvalue weighted by Gasteiger charge is -2.13. The number of halogens is 1. The molecule has 0 saturated heterocycles. The smallest absolute Gasteiger partial charge is 0.255 e. The van der Waals surface area contributed by atoms with Crippen LogP contribution in [0.25, 0.3) is 0 Å². The Bertz CT molecular complexity index is 860. The van der Waals surface area contributed by atoms with Crippen LogP contribution in [0.1, 0.15) is 16.8 Å². The van der Waals surface area contributed by atoms with E-state index in [1.807, 2.05) is 0 Å². The van der Waals surface area contributed by atoms with Crippen molar-refractivity contribution >= 4 is 34.8 Å². The molecule has 0 fully saturated rings. The van der Waals surface area contributed by atoms with Crippen molar-refractivity contribution in [2.75, 3.05) is 24.9 Å². The van der Waals surface area contributed by atoms with Gasteiger partial charge in [-0.25, -0.2) is 0 Å². The molecule has 0 atom stereocenters. The summed E-state index contributed by atoms with van der Waals surface area (Å²) in [7, 11) is 2.94. The standard InChI is InChI=1S/C18H16ClN3O4/c1-25-15-10-14(16(26-2)9-13(15)19)22-18(24)11-3-5-12(6-4-11)21-17(23)7-8-20/h3-6,9-10H,7H2,1-2H3,(H,21,23)(H,22,24). The Labute approximate surface area is 155 Å². The van der Waals surface area contributed by atoms with Crippen molar-refractivity contribution in [1.29, 1.82) is 5.26 Å². The molecular weight excluding hydrogens is 358 g/mol. The maximum absolute atomic E-state index is 12.4. The van der Waals surface area contributed by atoms with Gasteiger partial charge in [-0.3, -0.25) is 9.59 Å². The van der Waals surface area contributed by atoms with Crippen LogP contribution in [-0.4, -0.2) is 26.0 Å². The van der Waals surface area contributed by atoms with E-state index in [2.05, 4.69) is 10.6 Å². The molecule has 0 heterocycles. The number of benzene rings is 2. The minimum Gasteiger partial charge on any atom is -0.495 e. The predicted octanol–water partition coefficient (Wildman–Crippen LogP) is 3.46. The van der Waals surface area contributed by atoms with E-state index in [9.17, 15) is 9.59 Å². The highest BCUT2D eigenvalue weighted by Crippen LogP contribution is 2.36. The summed E-state index contributed by atoms with van der Waals surface area (Å²) in [5.74, 6) is 0.00753. The zero-order chi connectivity index (χ0) is 19.1. The van der Waals surface area contributed by atoms with Gasteiger partial charge >= 0.3 is 0 Å². The number of carbonyl (C=O) groups is 2. The quantitative estimate of drug-likeness (QED) is 0.807. The van der Waals surface area contributed by atoms with Crippen LogP contribution >= 0.6 is 11.6 Å².